The second-order valence-corrected chi connectivity index (χ2v) is 5.14. The summed E-state index contributed by atoms with van der Waals surface area (Å²) in [5, 5.41) is 4.61. The van der Waals surface area contributed by atoms with Crippen molar-refractivity contribution in [2.24, 2.45) is 0 Å². The Morgan fingerprint density at radius 2 is 1.95 bits per heavy atom. The van der Waals surface area contributed by atoms with Gasteiger partial charge in [0, 0.05) is 28.8 Å². The number of nitrogens with one attached hydrogen (secondary N) is 2. The average Bonchev–Trinajstić information content (AvgIpc) is 2.78. The molecule has 20 heavy (non-hydrogen) atoms. The summed E-state index contributed by atoms with van der Waals surface area (Å²) in [5.41, 5.74) is 5.43. The SMILES string of the molecule is Cc1cc2c(CNc3ccc(F)cc3C)cccc2[nH]1. The van der Waals surface area contributed by atoms with Gasteiger partial charge in [-0.25, -0.2) is 4.39 Å². The van der Waals surface area contributed by atoms with Gasteiger partial charge in [0.05, 0.1) is 0 Å². The minimum absolute atomic E-state index is 0.198. The third-order valence-electron chi connectivity index (χ3n) is 3.55. The monoisotopic (exact) mass is 268 g/mol. The summed E-state index contributed by atoms with van der Waals surface area (Å²) in [4.78, 5) is 3.34. The first-order valence-corrected chi connectivity index (χ1v) is 6.71. The molecule has 0 aliphatic heterocycles. The molecule has 3 heteroatoms. The van der Waals surface area contributed by atoms with Crippen LogP contribution in [0.3, 0.4) is 0 Å². The fourth-order valence-corrected chi connectivity index (χ4v) is 2.53. The van der Waals surface area contributed by atoms with Gasteiger partial charge in [0.25, 0.3) is 0 Å². The maximum Gasteiger partial charge on any atom is 0.123 e. The molecule has 0 unspecified atom stereocenters. The molecule has 0 fully saturated rings. The quantitative estimate of drug-likeness (QED) is 0.717. The van der Waals surface area contributed by atoms with E-state index >= 15 is 0 Å². The summed E-state index contributed by atoms with van der Waals surface area (Å²) in [5.74, 6) is -0.198. The molecule has 3 rings (SSSR count). The number of hydrogen-bond acceptors (Lipinski definition) is 1. The van der Waals surface area contributed by atoms with Gasteiger partial charge in [0.2, 0.25) is 0 Å². The Hall–Kier alpha value is -2.29. The number of benzene rings is 2. The van der Waals surface area contributed by atoms with Crippen molar-refractivity contribution in [2.45, 2.75) is 20.4 Å². The fourth-order valence-electron chi connectivity index (χ4n) is 2.53. The standard InChI is InChI=1S/C17H17FN2/c1-11-8-14(18)6-7-16(11)19-10-13-4-3-5-17-15(13)9-12(2)20-17/h3-9,19-20H,10H2,1-2H3. The lowest BCUT2D eigenvalue weighted by molar-refractivity contribution is 0.627. The number of rotatable bonds is 3. The predicted octanol–water partition coefficient (Wildman–Crippen LogP) is 4.54. The van der Waals surface area contributed by atoms with Crippen molar-refractivity contribution in [3.8, 4) is 0 Å². The Bertz CT molecular complexity index is 759. The van der Waals surface area contributed by atoms with E-state index in [9.17, 15) is 4.39 Å². The molecule has 102 valence electrons. The van der Waals surface area contributed by atoms with Gasteiger partial charge in [-0.1, -0.05) is 12.1 Å². The van der Waals surface area contributed by atoms with Crippen LogP contribution in [0.2, 0.25) is 0 Å². The van der Waals surface area contributed by atoms with E-state index in [2.05, 4.69) is 35.4 Å². The number of aryl methyl sites for hydroxylation is 2. The van der Waals surface area contributed by atoms with Crippen LogP contribution in [-0.2, 0) is 6.54 Å². The van der Waals surface area contributed by atoms with E-state index in [1.54, 1.807) is 12.1 Å². The minimum atomic E-state index is -0.198. The largest absolute Gasteiger partial charge is 0.381 e. The molecule has 0 saturated heterocycles. The molecule has 0 amide bonds. The maximum atomic E-state index is 13.1. The highest BCUT2D eigenvalue weighted by Gasteiger charge is 2.05. The van der Waals surface area contributed by atoms with Crippen molar-refractivity contribution in [1.82, 2.24) is 4.98 Å². The maximum absolute atomic E-state index is 13.1. The Morgan fingerprint density at radius 1 is 1.10 bits per heavy atom. The predicted molar refractivity (Wildman–Crippen MR) is 81.5 cm³/mol. The number of hydrogen-bond donors (Lipinski definition) is 2. The highest BCUT2D eigenvalue weighted by molar-refractivity contribution is 5.84. The topological polar surface area (TPSA) is 27.8 Å². The molecule has 0 saturated carbocycles. The highest BCUT2D eigenvalue weighted by Crippen LogP contribution is 2.22. The van der Waals surface area contributed by atoms with E-state index in [-0.39, 0.29) is 5.82 Å². The van der Waals surface area contributed by atoms with Crippen molar-refractivity contribution in [1.29, 1.82) is 0 Å². The molecular formula is C17H17FN2. The van der Waals surface area contributed by atoms with Crippen LogP contribution in [-0.4, -0.2) is 4.98 Å². The number of aromatic amines is 1. The number of H-pyrrole nitrogens is 1. The van der Waals surface area contributed by atoms with Crippen molar-refractivity contribution < 1.29 is 4.39 Å². The summed E-state index contributed by atoms with van der Waals surface area (Å²) in [6.07, 6.45) is 0. The molecule has 2 aromatic carbocycles. The van der Waals surface area contributed by atoms with E-state index in [0.717, 1.165) is 29.0 Å². The molecule has 2 N–H and O–H groups in total. The van der Waals surface area contributed by atoms with E-state index in [1.807, 2.05) is 13.0 Å². The van der Waals surface area contributed by atoms with Gasteiger partial charge < -0.3 is 10.3 Å². The molecule has 0 spiro atoms. The zero-order valence-electron chi connectivity index (χ0n) is 11.6. The first-order valence-electron chi connectivity index (χ1n) is 6.71. The number of aromatic nitrogens is 1. The molecular weight excluding hydrogens is 251 g/mol. The van der Waals surface area contributed by atoms with Crippen LogP contribution in [0.5, 0.6) is 0 Å². The highest BCUT2D eigenvalue weighted by atomic mass is 19.1. The molecule has 0 atom stereocenters. The van der Waals surface area contributed by atoms with E-state index < -0.39 is 0 Å². The Balaban J connectivity index is 1.86. The van der Waals surface area contributed by atoms with Crippen LogP contribution in [0.15, 0.2) is 42.5 Å². The first kappa shape index (κ1) is 12.7. The zero-order valence-corrected chi connectivity index (χ0v) is 11.6. The van der Waals surface area contributed by atoms with Gasteiger partial charge in [-0.15, -0.1) is 0 Å². The summed E-state index contributed by atoms with van der Waals surface area (Å²) in [6, 6.07) is 13.2. The fraction of sp³-hybridized carbons (Fsp3) is 0.176. The van der Waals surface area contributed by atoms with Crippen molar-refractivity contribution >= 4 is 16.6 Å². The van der Waals surface area contributed by atoms with Crippen LogP contribution in [0.4, 0.5) is 10.1 Å². The van der Waals surface area contributed by atoms with Gasteiger partial charge in [0.1, 0.15) is 5.82 Å². The molecule has 0 bridgehead atoms. The lowest BCUT2D eigenvalue weighted by atomic mass is 10.1. The Kier molecular flexibility index (Phi) is 3.18. The number of halogens is 1. The van der Waals surface area contributed by atoms with Crippen LogP contribution in [0.25, 0.3) is 10.9 Å². The van der Waals surface area contributed by atoms with Gasteiger partial charge in [-0.2, -0.15) is 0 Å². The molecule has 0 radical (unpaired) electrons. The minimum Gasteiger partial charge on any atom is -0.381 e. The second kappa shape index (κ2) is 5.00. The van der Waals surface area contributed by atoms with E-state index in [0.29, 0.717) is 0 Å². The summed E-state index contributed by atoms with van der Waals surface area (Å²) < 4.78 is 13.1. The number of anilines is 1. The summed E-state index contributed by atoms with van der Waals surface area (Å²) >= 11 is 0. The first-order chi connectivity index (χ1) is 9.63. The van der Waals surface area contributed by atoms with Crippen molar-refractivity contribution in [2.75, 3.05) is 5.32 Å². The lowest BCUT2D eigenvalue weighted by Gasteiger charge is -2.10. The second-order valence-electron chi connectivity index (χ2n) is 5.14. The van der Waals surface area contributed by atoms with Crippen molar-refractivity contribution in [3.63, 3.8) is 0 Å². The Morgan fingerprint density at radius 3 is 2.75 bits per heavy atom. The average molecular weight is 268 g/mol. The molecule has 1 aromatic heterocycles. The molecule has 3 aromatic rings. The molecule has 2 nitrogen and oxygen atoms in total. The van der Waals surface area contributed by atoms with Crippen LogP contribution in [0, 0.1) is 19.7 Å². The molecule has 0 aliphatic rings. The van der Waals surface area contributed by atoms with E-state index in [4.69, 9.17) is 0 Å². The Labute approximate surface area is 117 Å². The summed E-state index contributed by atoms with van der Waals surface area (Å²) in [6.45, 7) is 4.69. The molecule has 1 heterocycles. The third-order valence-corrected chi connectivity index (χ3v) is 3.55. The normalized spacial score (nSPS) is 10.9. The van der Waals surface area contributed by atoms with E-state index in [1.165, 1.54) is 17.0 Å². The van der Waals surface area contributed by atoms with Gasteiger partial charge in [0.15, 0.2) is 0 Å². The third kappa shape index (κ3) is 2.39. The van der Waals surface area contributed by atoms with Crippen molar-refractivity contribution in [3.05, 3.63) is 65.1 Å². The van der Waals surface area contributed by atoms with Gasteiger partial charge >= 0.3 is 0 Å². The zero-order chi connectivity index (χ0) is 14.1. The smallest absolute Gasteiger partial charge is 0.123 e. The van der Waals surface area contributed by atoms with Gasteiger partial charge in [-0.3, -0.25) is 0 Å². The lowest BCUT2D eigenvalue weighted by Crippen LogP contribution is -2.01. The molecule has 0 aliphatic carbocycles. The van der Waals surface area contributed by atoms with Gasteiger partial charge in [-0.05, 0) is 55.3 Å². The number of fused-ring (bicyclic) bond motifs is 1. The van der Waals surface area contributed by atoms with Crippen LogP contribution in [0.1, 0.15) is 16.8 Å². The summed E-state index contributed by atoms with van der Waals surface area (Å²) in [7, 11) is 0. The van der Waals surface area contributed by atoms with Crippen LogP contribution < -0.4 is 5.32 Å². The van der Waals surface area contributed by atoms with Crippen LogP contribution >= 0.6 is 0 Å².